The summed E-state index contributed by atoms with van der Waals surface area (Å²) in [5, 5.41) is 9.73. The number of hydrogen-bond donors (Lipinski definition) is 1. The van der Waals surface area contributed by atoms with Gasteiger partial charge in [-0.3, -0.25) is 9.59 Å². The molecular weight excluding hydrogens is 240 g/mol. The largest absolute Gasteiger partial charge is 0.480 e. The Balaban J connectivity index is 2.31. The third-order valence-corrected chi connectivity index (χ3v) is 3.74. The molecule has 3 nitrogen and oxygen atoms in total. The van der Waals surface area contributed by atoms with Gasteiger partial charge in [0.15, 0.2) is 5.78 Å². The zero-order chi connectivity index (χ0) is 13.5. The lowest BCUT2D eigenvalue weighted by Gasteiger charge is -2.25. The number of ketones is 1. The van der Waals surface area contributed by atoms with Gasteiger partial charge in [0.1, 0.15) is 5.41 Å². The number of Topliss-reactive ketones (excluding diaryl/α,β-unsaturated/α-hetero) is 1. The maximum Gasteiger partial charge on any atom is 0.319 e. The van der Waals surface area contributed by atoms with Gasteiger partial charge < -0.3 is 5.11 Å². The van der Waals surface area contributed by atoms with E-state index in [4.69, 9.17) is 0 Å². The highest BCUT2D eigenvalue weighted by Crippen LogP contribution is 2.44. The molecule has 0 aliphatic heterocycles. The molecule has 3 heteroatoms. The van der Waals surface area contributed by atoms with E-state index < -0.39 is 11.4 Å². The average molecular weight is 252 g/mol. The first-order valence-corrected chi connectivity index (χ1v) is 6.08. The van der Waals surface area contributed by atoms with Crippen LogP contribution in [0, 0.1) is 0 Å². The fourth-order valence-electron chi connectivity index (χ4n) is 2.82. The van der Waals surface area contributed by atoms with Gasteiger partial charge in [-0.05, 0) is 11.1 Å². The molecule has 0 heterocycles. The van der Waals surface area contributed by atoms with Crippen molar-refractivity contribution in [2.75, 3.05) is 0 Å². The monoisotopic (exact) mass is 252 g/mol. The number of rotatable bonds is 2. The minimum absolute atomic E-state index is 0.00824. The summed E-state index contributed by atoms with van der Waals surface area (Å²) in [7, 11) is 0. The number of carboxylic acid groups (broad SMARTS) is 1. The van der Waals surface area contributed by atoms with Crippen LogP contribution in [-0.4, -0.2) is 16.9 Å². The van der Waals surface area contributed by atoms with E-state index in [0.717, 1.165) is 0 Å². The number of carboxylic acids is 1. The van der Waals surface area contributed by atoms with Gasteiger partial charge in [0.2, 0.25) is 0 Å². The molecule has 0 unspecified atom stereocenters. The zero-order valence-electron chi connectivity index (χ0n) is 10.2. The molecule has 0 aromatic heterocycles. The van der Waals surface area contributed by atoms with Crippen LogP contribution < -0.4 is 0 Å². The Morgan fingerprint density at radius 1 is 1.00 bits per heavy atom. The number of carbonyl (C=O) groups is 2. The Morgan fingerprint density at radius 3 is 2.32 bits per heavy atom. The first-order chi connectivity index (χ1) is 9.16. The Kier molecular flexibility index (Phi) is 2.49. The second-order valence-electron chi connectivity index (χ2n) is 4.72. The van der Waals surface area contributed by atoms with Crippen LogP contribution in [0.4, 0.5) is 0 Å². The van der Waals surface area contributed by atoms with Crippen LogP contribution in [0.15, 0.2) is 54.6 Å². The van der Waals surface area contributed by atoms with Crippen LogP contribution >= 0.6 is 0 Å². The number of hydrogen-bond acceptors (Lipinski definition) is 2. The standard InChI is InChI=1S/C16H12O3/c17-14-10-16(15(18)19,11-6-2-1-3-7-11)13-9-5-4-8-12(13)14/h1-9H,10H2,(H,18,19)/t16-/m0/s1. The van der Waals surface area contributed by atoms with Gasteiger partial charge in [0.25, 0.3) is 0 Å². The molecule has 0 spiro atoms. The van der Waals surface area contributed by atoms with E-state index >= 15 is 0 Å². The van der Waals surface area contributed by atoms with Crippen molar-refractivity contribution in [2.45, 2.75) is 11.8 Å². The van der Waals surface area contributed by atoms with Gasteiger partial charge in [-0.25, -0.2) is 0 Å². The van der Waals surface area contributed by atoms with Crippen LogP contribution in [-0.2, 0) is 10.2 Å². The Morgan fingerprint density at radius 2 is 1.63 bits per heavy atom. The fourth-order valence-corrected chi connectivity index (χ4v) is 2.82. The summed E-state index contributed by atoms with van der Waals surface area (Å²) in [5.41, 5.74) is 0.530. The fraction of sp³-hybridized carbons (Fsp3) is 0.125. The van der Waals surface area contributed by atoms with Crippen molar-refractivity contribution in [3.05, 3.63) is 71.3 Å². The van der Waals surface area contributed by atoms with E-state index in [1.165, 1.54) is 0 Å². The van der Waals surface area contributed by atoms with Crippen molar-refractivity contribution in [1.82, 2.24) is 0 Å². The molecule has 2 aromatic rings. The minimum atomic E-state index is -1.24. The van der Waals surface area contributed by atoms with E-state index in [1.54, 1.807) is 48.5 Å². The lowest BCUT2D eigenvalue weighted by molar-refractivity contribution is -0.141. The molecule has 1 aliphatic carbocycles. The number of benzene rings is 2. The molecule has 0 bridgehead atoms. The number of fused-ring (bicyclic) bond motifs is 1. The van der Waals surface area contributed by atoms with Gasteiger partial charge in [-0.2, -0.15) is 0 Å². The maximum atomic E-state index is 12.1. The molecule has 1 aliphatic rings. The van der Waals surface area contributed by atoms with Gasteiger partial charge in [0.05, 0.1) is 0 Å². The predicted molar refractivity (Wildman–Crippen MR) is 70.2 cm³/mol. The van der Waals surface area contributed by atoms with Gasteiger partial charge >= 0.3 is 5.97 Å². The van der Waals surface area contributed by atoms with Crippen LogP contribution in [0.3, 0.4) is 0 Å². The summed E-state index contributed by atoms with van der Waals surface area (Å²) in [6, 6.07) is 15.9. The van der Waals surface area contributed by atoms with Crippen molar-refractivity contribution >= 4 is 11.8 Å². The van der Waals surface area contributed by atoms with E-state index in [0.29, 0.717) is 16.7 Å². The summed E-state index contributed by atoms with van der Waals surface area (Å²) in [6.45, 7) is 0. The molecule has 0 saturated heterocycles. The van der Waals surface area contributed by atoms with Crippen LogP contribution in [0.1, 0.15) is 27.9 Å². The molecular formula is C16H12O3. The van der Waals surface area contributed by atoms with Gasteiger partial charge in [-0.1, -0.05) is 54.6 Å². The molecule has 0 fully saturated rings. The van der Waals surface area contributed by atoms with Crippen molar-refractivity contribution in [1.29, 1.82) is 0 Å². The first-order valence-electron chi connectivity index (χ1n) is 6.08. The summed E-state index contributed by atoms with van der Waals surface area (Å²) < 4.78 is 0. The normalized spacial score (nSPS) is 21.2. The topological polar surface area (TPSA) is 54.4 Å². The summed E-state index contributed by atoms with van der Waals surface area (Å²) in [6.07, 6.45) is -0.00824. The molecule has 94 valence electrons. The van der Waals surface area contributed by atoms with E-state index in [2.05, 4.69) is 0 Å². The van der Waals surface area contributed by atoms with Crippen LogP contribution in [0.2, 0.25) is 0 Å². The Labute approximate surface area is 110 Å². The van der Waals surface area contributed by atoms with Crippen molar-refractivity contribution in [2.24, 2.45) is 0 Å². The highest BCUT2D eigenvalue weighted by atomic mass is 16.4. The average Bonchev–Trinajstić information content (AvgIpc) is 2.75. The first kappa shape index (κ1) is 11.7. The molecule has 0 saturated carbocycles. The molecule has 2 aromatic carbocycles. The second kappa shape index (κ2) is 4.05. The SMILES string of the molecule is O=C1C[C@](C(=O)O)(c2ccccc2)c2ccccc21. The molecule has 0 radical (unpaired) electrons. The highest BCUT2D eigenvalue weighted by Gasteiger charge is 2.50. The highest BCUT2D eigenvalue weighted by molar-refractivity contribution is 6.09. The third kappa shape index (κ3) is 1.51. The van der Waals surface area contributed by atoms with Crippen LogP contribution in [0.5, 0.6) is 0 Å². The van der Waals surface area contributed by atoms with Crippen molar-refractivity contribution in [3.63, 3.8) is 0 Å². The number of aliphatic carboxylic acids is 1. The molecule has 0 amide bonds. The van der Waals surface area contributed by atoms with Crippen LogP contribution in [0.25, 0.3) is 0 Å². The third-order valence-electron chi connectivity index (χ3n) is 3.74. The van der Waals surface area contributed by atoms with E-state index in [-0.39, 0.29) is 12.2 Å². The summed E-state index contributed by atoms with van der Waals surface area (Å²) in [4.78, 5) is 24.0. The van der Waals surface area contributed by atoms with E-state index in [9.17, 15) is 14.7 Å². The Hall–Kier alpha value is -2.42. The smallest absolute Gasteiger partial charge is 0.319 e. The quantitative estimate of drug-likeness (QED) is 0.893. The predicted octanol–water partition coefficient (Wildman–Crippen LogP) is 2.64. The Bertz CT molecular complexity index is 661. The lowest BCUT2D eigenvalue weighted by Crippen LogP contribution is -2.35. The van der Waals surface area contributed by atoms with Crippen molar-refractivity contribution < 1.29 is 14.7 Å². The second-order valence-corrected chi connectivity index (χ2v) is 4.72. The lowest BCUT2D eigenvalue weighted by atomic mass is 9.75. The maximum absolute atomic E-state index is 12.1. The van der Waals surface area contributed by atoms with Gasteiger partial charge in [-0.15, -0.1) is 0 Å². The molecule has 1 atom stereocenters. The van der Waals surface area contributed by atoms with Crippen molar-refractivity contribution in [3.8, 4) is 0 Å². The summed E-state index contributed by atoms with van der Waals surface area (Å²) >= 11 is 0. The number of carbonyl (C=O) groups excluding carboxylic acids is 1. The minimum Gasteiger partial charge on any atom is -0.480 e. The molecule has 1 N–H and O–H groups in total. The zero-order valence-corrected chi connectivity index (χ0v) is 10.2. The summed E-state index contributed by atoms with van der Waals surface area (Å²) in [5.74, 6) is -1.08. The van der Waals surface area contributed by atoms with E-state index in [1.807, 2.05) is 6.07 Å². The molecule has 19 heavy (non-hydrogen) atoms. The van der Waals surface area contributed by atoms with Gasteiger partial charge in [0, 0.05) is 12.0 Å². The molecule has 3 rings (SSSR count).